The molecule has 0 radical (unpaired) electrons. The van der Waals surface area contributed by atoms with Crippen molar-refractivity contribution in [3.63, 3.8) is 0 Å². The summed E-state index contributed by atoms with van der Waals surface area (Å²) >= 11 is -0.556. The molecule has 0 bridgehead atoms. The summed E-state index contributed by atoms with van der Waals surface area (Å²) in [7, 11) is 9.78. The van der Waals surface area contributed by atoms with E-state index in [-0.39, 0.29) is 11.8 Å². The summed E-state index contributed by atoms with van der Waals surface area (Å²) in [6, 6.07) is 3.52. The molecular weight excluding hydrogens is 576 g/mol. The maximum atomic E-state index is 13.5. The van der Waals surface area contributed by atoms with Crippen molar-refractivity contribution in [3.05, 3.63) is 29.3 Å². The van der Waals surface area contributed by atoms with E-state index in [1.807, 2.05) is 0 Å². The quantitative estimate of drug-likeness (QED) is 0.204. The van der Waals surface area contributed by atoms with Gasteiger partial charge in [-0.05, 0) is 18.6 Å². The fourth-order valence-electron chi connectivity index (χ4n) is 1.95. The zero-order chi connectivity index (χ0) is 26.7. The Kier molecular flexibility index (Phi) is 10.5. The molecule has 0 saturated carbocycles. The van der Waals surface area contributed by atoms with Gasteiger partial charge in [0.05, 0.1) is 0 Å². The fourth-order valence-corrected chi connectivity index (χ4v) is 1.95. The molecule has 190 valence electrons. The first-order valence-corrected chi connectivity index (χ1v) is 12.1. The van der Waals surface area contributed by atoms with Crippen molar-refractivity contribution in [1.82, 2.24) is 0 Å². The number of para-hydroxylation sites is 1. The van der Waals surface area contributed by atoms with Crippen molar-refractivity contribution in [2.45, 2.75) is 42.7 Å². The van der Waals surface area contributed by atoms with Crippen LogP contribution in [0.5, 0.6) is 5.75 Å². The van der Waals surface area contributed by atoms with Gasteiger partial charge in [0, 0.05) is 11.8 Å². The Bertz CT molecular complexity index is 831. The number of hydrogen-bond donors (Lipinski definition) is 1. The van der Waals surface area contributed by atoms with Crippen LogP contribution in [0.15, 0.2) is 23.2 Å². The number of aliphatic imine (C=N–C) groups is 1. The second-order valence-electron chi connectivity index (χ2n) is 6.05. The Morgan fingerprint density at radius 1 is 0.818 bits per heavy atom. The molecule has 1 N–H and O–H groups in total. The standard InChI is InChI=1S/C15H10F13NO.2ClH.Ti/c1-7-3-2-4-8(9(7)30)5-29-6-10(16,17)11(18,19)12(20,21)13(22,23)14(24,25)15(26,27)28;;;/h2-5,30H,6H2,1H3;2*1H;/q;;;+2/p-2. The van der Waals surface area contributed by atoms with Crippen LogP contribution in [0.4, 0.5) is 57.1 Å². The van der Waals surface area contributed by atoms with Crippen LogP contribution in [-0.2, 0) is 17.0 Å². The Morgan fingerprint density at radius 2 is 1.24 bits per heavy atom. The molecule has 0 aliphatic rings. The van der Waals surface area contributed by atoms with Gasteiger partial charge in [0.2, 0.25) is 0 Å². The summed E-state index contributed by atoms with van der Waals surface area (Å²) in [6.45, 7) is -1.41. The van der Waals surface area contributed by atoms with E-state index in [4.69, 9.17) is 18.6 Å². The number of phenols is 1. The molecule has 0 spiro atoms. The second-order valence-corrected chi connectivity index (χ2v) is 8.63. The van der Waals surface area contributed by atoms with Crippen molar-refractivity contribution < 1.29 is 79.2 Å². The first kappa shape index (κ1) is 32.1. The van der Waals surface area contributed by atoms with E-state index < -0.39 is 70.7 Å². The number of nitrogens with zero attached hydrogens (tertiary/aromatic N) is 1. The molecular formula is C15H10Cl2F13NOTi. The van der Waals surface area contributed by atoms with Crippen LogP contribution < -0.4 is 0 Å². The minimum absolute atomic E-state index is 0.136. The molecule has 0 heterocycles. The summed E-state index contributed by atoms with van der Waals surface area (Å²) < 4.78 is 168. The molecule has 0 unspecified atom stereocenters. The van der Waals surface area contributed by atoms with Gasteiger partial charge in [-0.25, -0.2) is 0 Å². The molecule has 0 saturated heterocycles. The zero-order valence-electron chi connectivity index (χ0n) is 15.6. The summed E-state index contributed by atoms with van der Waals surface area (Å²) in [4.78, 5) is 2.59. The Hall–Kier alpha value is -0.926. The van der Waals surface area contributed by atoms with Crippen LogP contribution >= 0.6 is 18.6 Å². The monoisotopic (exact) mass is 585 g/mol. The van der Waals surface area contributed by atoms with Gasteiger partial charge in [0.25, 0.3) is 0 Å². The summed E-state index contributed by atoms with van der Waals surface area (Å²) in [6.07, 6.45) is -7.20. The molecule has 0 atom stereocenters. The van der Waals surface area contributed by atoms with E-state index in [1.54, 1.807) is 0 Å². The van der Waals surface area contributed by atoms with Crippen molar-refractivity contribution >= 4 is 24.8 Å². The molecule has 0 aliphatic carbocycles. The van der Waals surface area contributed by atoms with Gasteiger partial charge in [-0.15, -0.1) is 0 Å². The van der Waals surface area contributed by atoms with Crippen LogP contribution in [0, 0.1) is 6.92 Å². The molecule has 2 nitrogen and oxygen atoms in total. The minimum atomic E-state index is -7.94. The molecule has 0 fully saturated rings. The van der Waals surface area contributed by atoms with Gasteiger partial charge in [-0.2, -0.15) is 57.1 Å². The number of aromatic hydroxyl groups is 1. The van der Waals surface area contributed by atoms with Gasteiger partial charge < -0.3 is 5.11 Å². The predicted octanol–water partition coefficient (Wildman–Crippen LogP) is 7.23. The van der Waals surface area contributed by atoms with Crippen LogP contribution in [0.25, 0.3) is 0 Å². The third kappa shape index (κ3) is 6.20. The van der Waals surface area contributed by atoms with Crippen LogP contribution in [0.1, 0.15) is 11.1 Å². The Labute approximate surface area is 193 Å². The van der Waals surface area contributed by atoms with E-state index in [9.17, 15) is 62.2 Å². The third-order valence-electron chi connectivity index (χ3n) is 3.79. The average molecular weight is 586 g/mol. The summed E-state index contributed by atoms with van der Waals surface area (Å²) in [5.74, 6) is -37.8. The normalized spacial score (nSPS) is 14.2. The first-order chi connectivity index (χ1) is 14.6. The van der Waals surface area contributed by atoms with Crippen molar-refractivity contribution in [2.24, 2.45) is 4.99 Å². The first-order valence-electron chi connectivity index (χ1n) is 7.77. The van der Waals surface area contributed by atoms with E-state index in [0.29, 0.717) is 0 Å². The SMILES string of the molecule is Cc1cccc(C=NCC(F)(F)C(F)(F)C(F)(F)C(F)(F)C(F)(F)C(F)(F)F)c1O.[Cl][Ti][Cl]. The Balaban J connectivity index is 0.00000322. The van der Waals surface area contributed by atoms with Gasteiger partial charge in [0.15, 0.2) is 0 Å². The van der Waals surface area contributed by atoms with E-state index in [2.05, 4.69) is 4.99 Å². The molecule has 33 heavy (non-hydrogen) atoms. The van der Waals surface area contributed by atoms with Crippen molar-refractivity contribution in [2.75, 3.05) is 6.54 Å². The van der Waals surface area contributed by atoms with E-state index >= 15 is 0 Å². The van der Waals surface area contributed by atoms with Gasteiger partial charge in [0.1, 0.15) is 12.3 Å². The number of halogens is 15. The number of rotatable bonds is 7. The zero-order valence-corrected chi connectivity index (χ0v) is 18.7. The number of benzene rings is 1. The molecule has 0 amide bonds. The summed E-state index contributed by atoms with van der Waals surface area (Å²) in [5, 5.41) is 9.55. The van der Waals surface area contributed by atoms with Crippen molar-refractivity contribution in [3.8, 4) is 5.75 Å². The van der Waals surface area contributed by atoms with Gasteiger partial charge >= 0.3 is 71.4 Å². The maximum absolute atomic E-state index is 13.5. The molecule has 1 aromatic rings. The molecule has 1 aromatic carbocycles. The molecule has 0 aromatic heterocycles. The van der Waals surface area contributed by atoms with Crippen molar-refractivity contribution in [1.29, 1.82) is 0 Å². The third-order valence-corrected chi connectivity index (χ3v) is 3.79. The number of alkyl halides is 13. The Morgan fingerprint density at radius 3 is 1.67 bits per heavy atom. The summed E-state index contributed by atoms with van der Waals surface area (Å²) in [5.41, 5.74) is -0.258. The average Bonchev–Trinajstić information content (AvgIpc) is 2.64. The number of phenolic OH excluding ortho intramolecular Hbond substituents is 1. The fraction of sp³-hybridized carbons (Fsp3) is 0.533. The van der Waals surface area contributed by atoms with Crippen LogP contribution in [-0.4, -0.2) is 53.7 Å². The van der Waals surface area contributed by atoms with E-state index in [0.717, 1.165) is 6.07 Å². The van der Waals surface area contributed by atoms with Gasteiger partial charge in [-0.1, -0.05) is 12.1 Å². The van der Waals surface area contributed by atoms with Crippen LogP contribution in [0.2, 0.25) is 0 Å². The van der Waals surface area contributed by atoms with Gasteiger partial charge in [-0.3, -0.25) is 4.99 Å². The number of aryl methyl sites for hydroxylation is 1. The predicted molar refractivity (Wildman–Crippen MR) is 87.8 cm³/mol. The molecule has 18 heteroatoms. The van der Waals surface area contributed by atoms with E-state index in [1.165, 1.54) is 19.1 Å². The van der Waals surface area contributed by atoms with Crippen LogP contribution in [0.3, 0.4) is 0 Å². The second kappa shape index (κ2) is 10.8. The molecule has 0 aliphatic heterocycles. The number of hydrogen-bond acceptors (Lipinski definition) is 2. The molecule has 1 rings (SSSR count). The topological polar surface area (TPSA) is 32.6 Å².